The Morgan fingerprint density at radius 2 is 2.29 bits per heavy atom. The summed E-state index contributed by atoms with van der Waals surface area (Å²) in [4.78, 5) is 2.44. The van der Waals surface area contributed by atoms with Gasteiger partial charge in [0.05, 0.1) is 0 Å². The molecule has 2 unspecified atom stereocenters. The normalized spacial score (nSPS) is 23.4. The van der Waals surface area contributed by atoms with Crippen LogP contribution in [-0.2, 0) is 0 Å². The van der Waals surface area contributed by atoms with Crippen molar-refractivity contribution >= 4 is 21.6 Å². The summed E-state index contributed by atoms with van der Waals surface area (Å²) in [5.74, 6) is 0.757. The van der Waals surface area contributed by atoms with Gasteiger partial charge in [-0.15, -0.1) is 0 Å². The zero-order chi connectivity index (χ0) is 12.3. The topological polar surface area (TPSA) is 15.3 Å². The smallest absolute Gasteiger partial charge is 0.0353 e. The molecule has 0 saturated carbocycles. The van der Waals surface area contributed by atoms with E-state index in [0.717, 1.165) is 10.4 Å². The first-order valence-electron chi connectivity index (χ1n) is 6.36. The second kappa shape index (κ2) is 5.87. The lowest BCUT2D eigenvalue weighted by molar-refractivity contribution is 0.197. The summed E-state index contributed by atoms with van der Waals surface area (Å²) in [7, 11) is 2.22. The molecule has 0 aromatic heterocycles. The van der Waals surface area contributed by atoms with Crippen LogP contribution >= 0.6 is 15.9 Å². The van der Waals surface area contributed by atoms with Crippen LogP contribution in [0.25, 0.3) is 0 Å². The zero-order valence-corrected chi connectivity index (χ0v) is 12.2. The number of nitrogens with one attached hydrogen (secondary N) is 1. The fourth-order valence-electron chi connectivity index (χ4n) is 2.57. The number of nitrogens with zero attached hydrogens (tertiary/aromatic N) is 1. The molecule has 2 atom stereocenters. The summed E-state index contributed by atoms with van der Waals surface area (Å²) < 4.78 is 1.13. The Morgan fingerprint density at radius 3 is 3.00 bits per heavy atom. The van der Waals surface area contributed by atoms with Crippen LogP contribution in [0.4, 0.5) is 5.69 Å². The standard InChI is InChI=1S/C14H21BrN2/c1-11(12-5-4-8-17(2)10-12)16-14-7-3-6-13(15)9-14/h3,6-7,9,11-12,16H,4-5,8,10H2,1-2H3. The Kier molecular flexibility index (Phi) is 4.46. The van der Waals surface area contributed by atoms with Crippen LogP contribution < -0.4 is 5.32 Å². The molecule has 0 spiro atoms. The second-order valence-electron chi connectivity index (χ2n) is 5.11. The SMILES string of the molecule is CC(Nc1cccc(Br)c1)C1CCCN(C)C1. The van der Waals surface area contributed by atoms with E-state index in [1.165, 1.54) is 31.6 Å². The molecule has 1 N–H and O–H groups in total. The van der Waals surface area contributed by atoms with Gasteiger partial charge in [-0.3, -0.25) is 0 Å². The average Bonchev–Trinajstić information content (AvgIpc) is 2.29. The molecule has 1 heterocycles. The van der Waals surface area contributed by atoms with E-state index in [4.69, 9.17) is 0 Å². The summed E-state index contributed by atoms with van der Waals surface area (Å²) in [6.45, 7) is 4.76. The third kappa shape index (κ3) is 3.71. The maximum atomic E-state index is 3.62. The summed E-state index contributed by atoms with van der Waals surface area (Å²) in [6.07, 6.45) is 2.66. The van der Waals surface area contributed by atoms with Gasteiger partial charge in [0, 0.05) is 22.7 Å². The number of anilines is 1. The molecule has 0 radical (unpaired) electrons. The summed E-state index contributed by atoms with van der Waals surface area (Å²) in [5.41, 5.74) is 1.21. The lowest BCUT2D eigenvalue weighted by Crippen LogP contribution is -2.39. The van der Waals surface area contributed by atoms with Crippen molar-refractivity contribution in [3.63, 3.8) is 0 Å². The second-order valence-corrected chi connectivity index (χ2v) is 6.02. The van der Waals surface area contributed by atoms with E-state index in [1.54, 1.807) is 0 Å². The highest BCUT2D eigenvalue weighted by Crippen LogP contribution is 2.23. The van der Waals surface area contributed by atoms with Gasteiger partial charge in [-0.25, -0.2) is 0 Å². The van der Waals surface area contributed by atoms with E-state index in [0.29, 0.717) is 6.04 Å². The molecule has 1 aliphatic heterocycles. The van der Waals surface area contributed by atoms with Gasteiger partial charge < -0.3 is 10.2 Å². The van der Waals surface area contributed by atoms with Crippen LogP contribution in [0, 0.1) is 5.92 Å². The van der Waals surface area contributed by atoms with Crippen LogP contribution in [0.3, 0.4) is 0 Å². The van der Waals surface area contributed by atoms with E-state index >= 15 is 0 Å². The molecule has 1 saturated heterocycles. The lowest BCUT2D eigenvalue weighted by atomic mass is 9.92. The Bertz CT molecular complexity index is 367. The zero-order valence-electron chi connectivity index (χ0n) is 10.6. The molecule has 1 aromatic rings. The van der Waals surface area contributed by atoms with Gasteiger partial charge in [0.1, 0.15) is 0 Å². The van der Waals surface area contributed by atoms with Crippen LogP contribution in [0.5, 0.6) is 0 Å². The summed E-state index contributed by atoms with van der Waals surface area (Å²) in [6, 6.07) is 8.94. The van der Waals surface area contributed by atoms with Crippen molar-refractivity contribution < 1.29 is 0 Å². The number of likely N-dealkylation sites (tertiary alicyclic amines) is 1. The Hall–Kier alpha value is -0.540. The van der Waals surface area contributed by atoms with Crippen molar-refractivity contribution in [1.82, 2.24) is 4.90 Å². The Labute approximate surface area is 113 Å². The van der Waals surface area contributed by atoms with Crippen molar-refractivity contribution in [2.75, 3.05) is 25.5 Å². The fraction of sp³-hybridized carbons (Fsp3) is 0.571. The molecule has 0 bridgehead atoms. The van der Waals surface area contributed by atoms with Crippen molar-refractivity contribution in [1.29, 1.82) is 0 Å². The van der Waals surface area contributed by atoms with E-state index in [2.05, 4.69) is 64.4 Å². The molecule has 1 fully saturated rings. The summed E-state index contributed by atoms with van der Waals surface area (Å²) >= 11 is 3.51. The molecule has 1 aliphatic rings. The Morgan fingerprint density at radius 1 is 1.47 bits per heavy atom. The van der Waals surface area contributed by atoms with Gasteiger partial charge in [0.2, 0.25) is 0 Å². The Balaban J connectivity index is 1.94. The number of piperidine rings is 1. The lowest BCUT2D eigenvalue weighted by Gasteiger charge is -2.34. The minimum Gasteiger partial charge on any atom is -0.382 e. The highest BCUT2D eigenvalue weighted by molar-refractivity contribution is 9.10. The molecule has 0 aliphatic carbocycles. The minimum absolute atomic E-state index is 0.534. The maximum Gasteiger partial charge on any atom is 0.0353 e. The maximum absolute atomic E-state index is 3.62. The van der Waals surface area contributed by atoms with Gasteiger partial charge in [-0.1, -0.05) is 22.0 Å². The molecule has 2 nitrogen and oxygen atoms in total. The highest BCUT2D eigenvalue weighted by Gasteiger charge is 2.22. The number of hydrogen-bond donors (Lipinski definition) is 1. The van der Waals surface area contributed by atoms with Crippen molar-refractivity contribution in [2.45, 2.75) is 25.8 Å². The number of rotatable bonds is 3. The van der Waals surface area contributed by atoms with Gasteiger partial charge in [0.15, 0.2) is 0 Å². The molecule has 2 rings (SSSR count). The average molecular weight is 297 g/mol. The number of hydrogen-bond acceptors (Lipinski definition) is 2. The predicted molar refractivity (Wildman–Crippen MR) is 77.4 cm³/mol. The molecular weight excluding hydrogens is 276 g/mol. The third-order valence-corrected chi connectivity index (χ3v) is 4.08. The number of halogens is 1. The highest BCUT2D eigenvalue weighted by atomic mass is 79.9. The van der Waals surface area contributed by atoms with Crippen molar-refractivity contribution in [3.8, 4) is 0 Å². The van der Waals surface area contributed by atoms with E-state index in [-0.39, 0.29) is 0 Å². The molecule has 3 heteroatoms. The first-order valence-corrected chi connectivity index (χ1v) is 7.15. The van der Waals surface area contributed by atoms with E-state index in [1.807, 2.05) is 0 Å². The molecule has 1 aromatic carbocycles. The molecular formula is C14H21BrN2. The largest absolute Gasteiger partial charge is 0.382 e. The fourth-order valence-corrected chi connectivity index (χ4v) is 2.97. The van der Waals surface area contributed by atoms with Crippen LogP contribution in [-0.4, -0.2) is 31.1 Å². The van der Waals surface area contributed by atoms with Crippen LogP contribution in [0.1, 0.15) is 19.8 Å². The molecule has 17 heavy (non-hydrogen) atoms. The van der Waals surface area contributed by atoms with Crippen LogP contribution in [0.2, 0.25) is 0 Å². The van der Waals surface area contributed by atoms with Gasteiger partial charge in [0.25, 0.3) is 0 Å². The van der Waals surface area contributed by atoms with E-state index < -0.39 is 0 Å². The minimum atomic E-state index is 0.534. The van der Waals surface area contributed by atoms with Crippen molar-refractivity contribution in [3.05, 3.63) is 28.7 Å². The quantitative estimate of drug-likeness (QED) is 0.917. The van der Waals surface area contributed by atoms with E-state index in [9.17, 15) is 0 Å². The monoisotopic (exact) mass is 296 g/mol. The third-order valence-electron chi connectivity index (χ3n) is 3.59. The van der Waals surface area contributed by atoms with Gasteiger partial charge in [-0.05, 0) is 57.5 Å². The van der Waals surface area contributed by atoms with Gasteiger partial charge >= 0.3 is 0 Å². The molecule has 94 valence electrons. The predicted octanol–water partition coefficient (Wildman–Crippen LogP) is 3.59. The first kappa shape index (κ1) is 12.9. The first-order chi connectivity index (χ1) is 8.15. The van der Waals surface area contributed by atoms with Crippen LogP contribution in [0.15, 0.2) is 28.7 Å². The molecule has 0 amide bonds. The summed E-state index contributed by atoms with van der Waals surface area (Å²) in [5, 5.41) is 3.62. The van der Waals surface area contributed by atoms with Gasteiger partial charge in [-0.2, -0.15) is 0 Å². The number of benzene rings is 1. The van der Waals surface area contributed by atoms with Crippen molar-refractivity contribution in [2.24, 2.45) is 5.92 Å².